The van der Waals surface area contributed by atoms with Crippen LogP contribution in [0.25, 0.3) is 11.3 Å². The fourth-order valence-electron chi connectivity index (χ4n) is 3.67. The molecule has 2 aromatic carbocycles. The van der Waals surface area contributed by atoms with Gasteiger partial charge in [0.2, 0.25) is 5.88 Å². The van der Waals surface area contributed by atoms with Crippen LogP contribution in [0.3, 0.4) is 0 Å². The van der Waals surface area contributed by atoms with Crippen LogP contribution in [-0.4, -0.2) is 38.5 Å². The normalized spacial score (nSPS) is 14.8. The molecular weight excluding hydrogens is 398 g/mol. The molecule has 0 saturated heterocycles. The number of aliphatic hydroxyl groups is 1. The van der Waals surface area contributed by atoms with Gasteiger partial charge in [-0.3, -0.25) is 4.90 Å². The molecule has 4 rings (SSSR count). The van der Waals surface area contributed by atoms with Crippen molar-refractivity contribution in [3.8, 4) is 22.9 Å². The molecule has 1 aliphatic carbocycles. The summed E-state index contributed by atoms with van der Waals surface area (Å²) < 4.78 is 8.07. The molecule has 1 fully saturated rings. The Kier molecular flexibility index (Phi) is 6.42. The Hall–Kier alpha value is -2.34. The third-order valence-corrected chi connectivity index (χ3v) is 5.83. The zero-order chi connectivity index (χ0) is 21.1. The van der Waals surface area contributed by atoms with E-state index in [0.717, 1.165) is 36.1 Å². The van der Waals surface area contributed by atoms with Crippen LogP contribution in [0.1, 0.15) is 31.7 Å². The summed E-state index contributed by atoms with van der Waals surface area (Å²) in [6.45, 7) is 3.33. The average molecular weight is 426 g/mol. The smallest absolute Gasteiger partial charge is 0.222 e. The van der Waals surface area contributed by atoms with Gasteiger partial charge >= 0.3 is 0 Å². The molecule has 0 spiro atoms. The molecule has 6 heteroatoms. The van der Waals surface area contributed by atoms with Crippen molar-refractivity contribution in [3.05, 3.63) is 65.2 Å². The number of hydrogen-bond donors (Lipinski definition) is 1. The van der Waals surface area contributed by atoms with Crippen molar-refractivity contribution >= 4 is 11.6 Å². The Morgan fingerprint density at radius 1 is 1.17 bits per heavy atom. The SMILES string of the molecule is CC[C@@H](O)CN(Cc1c(-c2ccccc2)nn(C)c1Oc1ccccc1Cl)C1CC1. The van der Waals surface area contributed by atoms with Crippen molar-refractivity contribution < 1.29 is 9.84 Å². The van der Waals surface area contributed by atoms with Gasteiger partial charge in [-0.05, 0) is 31.4 Å². The van der Waals surface area contributed by atoms with Gasteiger partial charge in [0.05, 0.1) is 16.7 Å². The van der Waals surface area contributed by atoms with E-state index in [-0.39, 0.29) is 6.10 Å². The van der Waals surface area contributed by atoms with Crippen LogP contribution < -0.4 is 4.74 Å². The van der Waals surface area contributed by atoms with Crippen molar-refractivity contribution in [1.82, 2.24) is 14.7 Å². The van der Waals surface area contributed by atoms with Crippen molar-refractivity contribution in [2.75, 3.05) is 6.54 Å². The van der Waals surface area contributed by atoms with E-state index >= 15 is 0 Å². The highest BCUT2D eigenvalue weighted by Crippen LogP contribution is 2.38. The van der Waals surface area contributed by atoms with Crippen LogP contribution in [0.2, 0.25) is 5.02 Å². The van der Waals surface area contributed by atoms with E-state index < -0.39 is 0 Å². The summed E-state index contributed by atoms with van der Waals surface area (Å²) in [6.07, 6.45) is 2.73. The molecule has 0 bridgehead atoms. The lowest BCUT2D eigenvalue weighted by Crippen LogP contribution is -2.33. The Balaban J connectivity index is 1.74. The number of halogens is 1. The van der Waals surface area contributed by atoms with Crippen molar-refractivity contribution in [2.24, 2.45) is 7.05 Å². The van der Waals surface area contributed by atoms with Crippen LogP contribution in [0.15, 0.2) is 54.6 Å². The van der Waals surface area contributed by atoms with Crippen LogP contribution >= 0.6 is 11.6 Å². The molecule has 158 valence electrons. The lowest BCUT2D eigenvalue weighted by molar-refractivity contribution is 0.101. The maximum Gasteiger partial charge on any atom is 0.222 e. The lowest BCUT2D eigenvalue weighted by Gasteiger charge is -2.25. The van der Waals surface area contributed by atoms with Gasteiger partial charge in [-0.25, -0.2) is 4.68 Å². The third-order valence-electron chi connectivity index (χ3n) is 5.52. The Morgan fingerprint density at radius 2 is 1.87 bits per heavy atom. The minimum atomic E-state index is -0.338. The van der Waals surface area contributed by atoms with Crippen LogP contribution in [0, 0.1) is 0 Å². The van der Waals surface area contributed by atoms with E-state index in [9.17, 15) is 5.11 Å². The summed E-state index contributed by atoms with van der Waals surface area (Å²) in [5, 5.41) is 15.7. The molecule has 1 saturated carbocycles. The van der Waals surface area contributed by atoms with E-state index in [2.05, 4.69) is 17.0 Å². The van der Waals surface area contributed by atoms with Gasteiger partial charge < -0.3 is 9.84 Å². The first-order chi connectivity index (χ1) is 14.6. The number of para-hydroxylation sites is 1. The van der Waals surface area contributed by atoms with E-state index in [1.807, 2.05) is 56.4 Å². The monoisotopic (exact) mass is 425 g/mol. The molecule has 1 aliphatic rings. The number of aryl methyl sites for hydroxylation is 1. The minimum Gasteiger partial charge on any atom is -0.437 e. The maximum atomic E-state index is 10.3. The molecule has 0 radical (unpaired) electrons. The zero-order valence-corrected chi connectivity index (χ0v) is 18.2. The Bertz CT molecular complexity index is 985. The largest absolute Gasteiger partial charge is 0.437 e. The number of nitrogens with zero attached hydrogens (tertiary/aromatic N) is 3. The summed E-state index contributed by atoms with van der Waals surface area (Å²) in [5.41, 5.74) is 2.96. The highest BCUT2D eigenvalue weighted by Gasteiger charge is 2.32. The number of aliphatic hydroxyl groups excluding tert-OH is 1. The van der Waals surface area contributed by atoms with E-state index in [0.29, 0.717) is 35.8 Å². The summed E-state index contributed by atoms with van der Waals surface area (Å²) in [6, 6.07) is 18.1. The highest BCUT2D eigenvalue weighted by molar-refractivity contribution is 6.32. The molecule has 1 atom stereocenters. The quantitative estimate of drug-likeness (QED) is 0.507. The van der Waals surface area contributed by atoms with Crippen LogP contribution in [0.4, 0.5) is 0 Å². The summed E-state index contributed by atoms with van der Waals surface area (Å²) in [4.78, 5) is 2.36. The second-order valence-corrected chi connectivity index (χ2v) is 8.28. The summed E-state index contributed by atoms with van der Waals surface area (Å²) >= 11 is 6.36. The van der Waals surface area contributed by atoms with Gasteiger partial charge in [0.25, 0.3) is 0 Å². The lowest BCUT2D eigenvalue weighted by atomic mass is 10.1. The number of rotatable bonds is 9. The Morgan fingerprint density at radius 3 is 2.53 bits per heavy atom. The number of hydrogen-bond acceptors (Lipinski definition) is 4. The van der Waals surface area contributed by atoms with Gasteiger partial charge in [-0.15, -0.1) is 0 Å². The van der Waals surface area contributed by atoms with Gasteiger partial charge in [-0.2, -0.15) is 5.10 Å². The molecule has 5 nitrogen and oxygen atoms in total. The molecule has 1 N–H and O–H groups in total. The predicted octanol–water partition coefficient (Wildman–Crippen LogP) is 5.27. The number of aromatic nitrogens is 2. The number of benzene rings is 2. The maximum absolute atomic E-state index is 10.3. The first-order valence-corrected chi connectivity index (χ1v) is 10.9. The molecule has 30 heavy (non-hydrogen) atoms. The Labute approximate surface area is 182 Å². The molecule has 0 amide bonds. The van der Waals surface area contributed by atoms with E-state index in [1.54, 1.807) is 4.68 Å². The fraction of sp³-hybridized carbons (Fsp3) is 0.375. The van der Waals surface area contributed by atoms with Gasteiger partial charge in [0.15, 0.2) is 0 Å². The summed E-state index contributed by atoms with van der Waals surface area (Å²) in [5.74, 6) is 1.29. The van der Waals surface area contributed by atoms with E-state index in [4.69, 9.17) is 21.4 Å². The van der Waals surface area contributed by atoms with Crippen LogP contribution in [-0.2, 0) is 13.6 Å². The van der Waals surface area contributed by atoms with Gasteiger partial charge in [0, 0.05) is 31.7 Å². The van der Waals surface area contributed by atoms with Crippen molar-refractivity contribution in [3.63, 3.8) is 0 Å². The van der Waals surface area contributed by atoms with Crippen molar-refractivity contribution in [2.45, 2.75) is 44.9 Å². The van der Waals surface area contributed by atoms with Gasteiger partial charge in [0.1, 0.15) is 11.4 Å². The number of ether oxygens (including phenoxy) is 1. The topological polar surface area (TPSA) is 50.5 Å². The first kappa shape index (κ1) is 20.9. The third kappa shape index (κ3) is 4.69. The fourth-order valence-corrected chi connectivity index (χ4v) is 3.84. The molecular formula is C24H28ClN3O2. The van der Waals surface area contributed by atoms with E-state index in [1.165, 1.54) is 0 Å². The van der Waals surface area contributed by atoms with Crippen molar-refractivity contribution in [1.29, 1.82) is 0 Å². The average Bonchev–Trinajstić information content (AvgIpc) is 3.56. The molecule has 3 aromatic rings. The molecule has 0 unspecified atom stereocenters. The highest BCUT2D eigenvalue weighted by atomic mass is 35.5. The van der Waals surface area contributed by atoms with Crippen LogP contribution in [0.5, 0.6) is 11.6 Å². The van der Waals surface area contributed by atoms with Gasteiger partial charge in [-0.1, -0.05) is 61.0 Å². The predicted molar refractivity (Wildman–Crippen MR) is 120 cm³/mol. The second kappa shape index (κ2) is 9.21. The zero-order valence-electron chi connectivity index (χ0n) is 17.5. The minimum absolute atomic E-state index is 0.338. The molecule has 1 aromatic heterocycles. The molecule has 0 aliphatic heterocycles. The summed E-state index contributed by atoms with van der Waals surface area (Å²) in [7, 11) is 1.89. The second-order valence-electron chi connectivity index (χ2n) is 7.88. The standard InChI is InChI=1S/C24H28ClN3O2/c1-3-19(29)15-28(18-13-14-18)16-20-23(17-9-5-4-6-10-17)26-27(2)24(20)30-22-12-8-7-11-21(22)25/h4-12,18-19,29H,3,13-16H2,1-2H3/t19-/m1/s1. The molecule has 1 heterocycles. The first-order valence-electron chi connectivity index (χ1n) is 10.5.